The number of alkyl halides is 1. The number of methoxy groups -OCH3 is 1. The molecule has 1 aromatic carbocycles. The second-order valence-electron chi connectivity index (χ2n) is 3.14. The van der Waals surface area contributed by atoms with E-state index in [1.165, 1.54) is 13.2 Å². The van der Waals surface area contributed by atoms with Crippen LogP contribution in [0.5, 0.6) is 11.5 Å². The minimum atomic E-state index is -0.443. The number of nitrogen functional groups attached to an aromatic ring is 1. The third-order valence-electron chi connectivity index (χ3n) is 2.03. The smallest absolute Gasteiger partial charge is 0.172 e. The summed E-state index contributed by atoms with van der Waals surface area (Å²) >= 11 is 5.87. The molecule has 0 spiro atoms. The fraction of sp³-hybridized carbons (Fsp3) is 0.364. The van der Waals surface area contributed by atoms with Crippen molar-refractivity contribution >= 4 is 17.3 Å². The fourth-order valence-electron chi connectivity index (χ4n) is 1.15. The summed E-state index contributed by atoms with van der Waals surface area (Å²) < 4.78 is 10.5. The van der Waals surface area contributed by atoms with Crippen molar-refractivity contribution in [1.82, 2.24) is 0 Å². The molecule has 0 aromatic heterocycles. The van der Waals surface area contributed by atoms with Crippen LogP contribution in [0.3, 0.4) is 0 Å². The van der Waals surface area contributed by atoms with Crippen molar-refractivity contribution in [2.45, 2.75) is 18.9 Å². The molecule has 0 saturated carbocycles. The van der Waals surface area contributed by atoms with Crippen molar-refractivity contribution in [2.24, 2.45) is 0 Å². The number of benzene rings is 1. The summed E-state index contributed by atoms with van der Waals surface area (Å²) in [7, 11) is 1.49. The maximum atomic E-state index is 8.80. The van der Waals surface area contributed by atoms with Crippen molar-refractivity contribution in [3.63, 3.8) is 0 Å². The number of nitriles is 1. The molecule has 1 aromatic rings. The Labute approximate surface area is 99.5 Å². The molecule has 0 amide bonds. The zero-order valence-corrected chi connectivity index (χ0v) is 9.91. The van der Waals surface area contributed by atoms with Crippen LogP contribution in [0, 0.1) is 11.3 Å². The second kappa shape index (κ2) is 5.47. The summed E-state index contributed by atoms with van der Waals surface area (Å²) in [5, 5.41) is 8.80. The van der Waals surface area contributed by atoms with Gasteiger partial charge in [-0.15, -0.1) is 0 Å². The third-order valence-corrected chi connectivity index (χ3v) is 2.43. The van der Waals surface area contributed by atoms with Crippen LogP contribution in [0.25, 0.3) is 0 Å². The van der Waals surface area contributed by atoms with E-state index in [2.05, 4.69) is 0 Å². The van der Waals surface area contributed by atoms with Crippen LogP contribution >= 0.6 is 11.6 Å². The van der Waals surface area contributed by atoms with Crippen LogP contribution < -0.4 is 15.2 Å². The van der Waals surface area contributed by atoms with Crippen LogP contribution in [0.4, 0.5) is 5.69 Å². The van der Waals surface area contributed by atoms with Gasteiger partial charge in [-0.1, -0.05) is 18.5 Å². The highest BCUT2D eigenvalue weighted by Gasteiger charge is 2.12. The predicted molar refractivity (Wildman–Crippen MR) is 62.7 cm³/mol. The quantitative estimate of drug-likeness (QED) is 0.649. The molecule has 0 aliphatic rings. The lowest BCUT2D eigenvalue weighted by Gasteiger charge is -2.14. The number of hydrogen-bond acceptors (Lipinski definition) is 4. The average molecular weight is 241 g/mol. The lowest BCUT2D eigenvalue weighted by molar-refractivity contribution is 0.261. The molecule has 0 aliphatic carbocycles. The highest BCUT2D eigenvalue weighted by molar-refractivity contribution is 6.19. The Bertz CT molecular complexity index is 415. The molecule has 0 bridgehead atoms. The molecule has 16 heavy (non-hydrogen) atoms. The van der Waals surface area contributed by atoms with E-state index < -0.39 is 5.56 Å². The average Bonchev–Trinajstić information content (AvgIpc) is 2.29. The lowest BCUT2D eigenvalue weighted by Crippen LogP contribution is -2.08. The molecule has 0 saturated heterocycles. The molecule has 86 valence electrons. The first kappa shape index (κ1) is 12.5. The van der Waals surface area contributed by atoms with E-state index >= 15 is 0 Å². The first-order valence-corrected chi connectivity index (χ1v) is 5.24. The van der Waals surface area contributed by atoms with Gasteiger partial charge in [0.25, 0.3) is 0 Å². The van der Waals surface area contributed by atoms with Gasteiger partial charge in [0.15, 0.2) is 17.1 Å². The molecule has 1 atom stereocenters. The Morgan fingerprint density at radius 3 is 2.69 bits per heavy atom. The molecule has 4 nitrogen and oxygen atoms in total. The zero-order valence-electron chi connectivity index (χ0n) is 9.16. The summed E-state index contributed by atoms with van der Waals surface area (Å²) in [6.45, 7) is 1.90. The maximum Gasteiger partial charge on any atom is 0.172 e. The van der Waals surface area contributed by atoms with E-state index in [9.17, 15) is 0 Å². The van der Waals surface area contributed by atoms with Gasteiger partial charge >= 0.3 is 0 Å². The molecule has 0 aliphatic heterocycles. The Morgan fingerprint density at radius 1 is 1.50 bits per heavy atom. The summed E-state index contributed by atoms with van der Waals surface area (Å²) in [4.78, 5) is 0. The first-order valence-electron chi connectivity index (χ1n) is 4.80. The summed E-state index contributed by atoms with van der Waals surface area (Å²) in [6.07, 6.45) is 0.657. The number of hydrogen-bond donors (Lipinski definition) is 1. The van der Waals surface area contributed by atoms with Gasteiger partial charge in [-0.2, -0.15) is 5.26 Å². The Morgan fingerprint density at radius 2 is 2.19 bits per heavy atom. The zero-order chi connectivity index (χ0) is 12.1. The maximum absolute atomic E-state index is 8.80. The number of anilines is 1. The van der Waals surface area contributed by atoms with Gasteiger partial charge in [-0.3, -0.25) is 0 Å². The second-order valence-corrected chi connectivity index (χ2v) is 3.63. The highest BCUT2D eigenvalue weighted by Crippen LogP contribution is 2.33. The number of halogens is 1. The van der Waals surface area contributed by atoms with E-state index in [1.807, 2.05) is 13.0 Å². The molecule has 2 N–H and O–H groups in total. The van der Waals surface area contributed by atoms with Crippen LogP contribution in [-0.2, 0) is 0 Å². The van der Waals surface area contributed by atoms with Gasteiger partial charge in [0, 0.05) is 12.1 Å². The minimum Gasteiger partial charge on any atom is -0.493 e. The van der Waals surface area contributed by atoms with Gasteiger partial charge in [0.2, 0.25) is 0 Å². The molecule has 0 radical (unpaired) electrons. The Kier molecular flexibility index (Phi) is 4.27. The molecular weight excluding hydrogens is 228 g/mol. The van der Waals surface area contributed by atoms with E-state index in [1.54, 1.807) is 6.07 Å². The standard InChI is InChI=1S/C11H13ClN2O2/c1-3-11(12)16-10-5-8(14)7(6-13)4-9(10)15-2/h4-5,11H,3,14H2,1-2H3. The molecule has 0 fully saturated rings. The normalized spacial score (nSPS) is 11.6. The molecule has 1 rings (SSSR count). The first-order chi connectivity index (χ1) is 7.62. The van der Waals surface area contributed by atoms with Crippen molar-refractivity contribution in [1.29, 1.82) is 5.26 Å². The van der Waals surface area contributed by atoms with Gasteiger partial charge in [0.1, 0.15) is 6.07 Å². The van der Waals surface area contributed by atoms with Gasteiger partial charge in [0.05, 0.1) is 18.4 Å². The van der Waals surface area contributed by atoms with E-state index in [0.29, 0.717) is 29.2 Å². The third kappa shape index (κ3) is 2.71. The van der Waals surface area contributed by atoms with Crippen LogP contribution in [0.2, 0.25) is 0 Å². The molecular formula is C11H13ClN2O2. The monoisotopic (exact) mass is 240 g/mol. The fourth-order valence-corrected chi connectivity index (χ4v) is 1.24. The van der Waals surface area contributed by atoms with Crippen LogP contribution in [0.1, 0.15) is 18.9 Å². The lowest BCUT2D eigenvalue weighted by atomic mass is 10.2. The SMILES string of the molecule is CCC(Cl)Oc1cc(N)c(C#N)cc1OC. The number of rotatable bonds is 4. The highest BCUT2D eigenvalue weighted by atomic mass is 35.5. The van der Waals surface area contributed by atoms with Crippen LogP contribution in [-0.4, -0.2) is 12.7 Å². The van der Waals surface area contributed by atoms with E-state index in [4.69, 9.17) is 32.1 Å². The van der Waals surface area contributed by atoms with Crippen molar-refractivity contribution in [2.75, 3.05) is 12.8 Å². The predicted octanol–water partition coefficient (Wildman–Crippen LogP) is 2.50. The summed E-state index contributed by atoms with van der Waals surface area (Å²) in [5.41, 5.74) is 5.93. The number of nitrogens with two attached hydrogens (primary N) is 1. The largest absolute Gasteiger partial charge is 0.493 e. The molecule has 0 heterocycles. The van der Waals surface area contributed by atoms with Crippen molar-refractivity contribution < 1.29 is 9.47 Å². The summed E-state index contributed by atoms with van der Waals surface area (Å²) in [5.74, 6) is 0.894. The molecule has 5 heteroatoms. The Hall–Kier alpha value is -1.60. The van der Waals surface area contributed by atoms with Gasteiger partial charge < -0.3 is 15.2 Å². The van der Waals surface area contributed by atoms with Gasteiger partial charge in [-0.05, 0) is 6.42 Å². The van der Waals surface area contributed by atoms with Crippen LogP contribution in [0.15, 0.2) is 12.1 Å². The van der Waals surface area contributed by atoms with Gasteiger partial charge in [-0.25, -0.2) is 0 Å². The number of nitrogens with zero attached hydrogens (tertiary/aromatic N) is 1. The topological polar surface area (TPSA) is 68.3 Å². The van der Waals surface area contributed by atoms with E-state index in [0.717, 1.165) is 0 Å². The minimum absolute atomic E-state index is 0.346. The van der Waals surface area contributed by atoms with Crippen molar-refractivity contribution in [3.8, 4) is 17.6 Å². The molecule has 1 unspecified atom stereocenters. The van der Waals surface area contributed by atoms with E-state index in [-0.39, 0.29) is 0 Å². The summed E-state index contributed by atoms with van der Waals surface area (Å²) in [6, 6.07) is 5.05. The van der Waals surface area contributed by atoms with Crippen molar-refractivity contribution in [3.05, 3.63) is 17.7 Å². The number of ether oxygens (including phenoxy) is 2. The Balaban J connectivity index is 3.09.